The normalized spacial score (nSPS) is 20.4. The third kappa shape index (κ3) is 4.63. The number of ether oxygens (including phenoxy) is 2. The molecule has 0 aliphatic carbocycles. The maximum absolute atomic E-state index is 6.32. The highest BCUT2D eigenvalue weighted by atomic mass is 35.5. The Bertz CT molecular complexity index is 607. The molecular weight excluding hydrogens is 324 g/mol. The molecule has 1 fully saturated rings. The lowest BCUT2D eigenvalue weighted by molar-refractivity contribution is 0.235. The predicted octanol–water partition coefficient (Wildman–Crippen LogP) is 2.92. The smallest absolute Gasteiger partial charge is 0.119 e. The summed E-state index contributed by atoms with van der Waals surface area (Å²) in [6.45, 7) is 3.48. The molecule has 0 amide bonds. The third-order valence-corrected chi connectivity index (χ3v) is 4.40. The van der Waals surface area contributed by atoms with Gasteiger partial charge in [0.2, 0.25) is 0 Å². The molecule has 2 N–H and O–H groups in total. The summed E-state index contributed by atoms with van der Waals surface area (Å²) < 4.78 is 10.9. The van der Waals surface area contributed by atoms with E-state index in [0.717, 1.165) is 31.1 Å². The number of rotatable bonds is 6. The highest BCUT2D eigenvalue weighted by Crippen LogP contribution is 2.26. The van der Waals surface area contributed by atoms with E-state index in [1.54, 1.807) is 7.11 Å². The molecule has 3 rings (SSSR count). The van der Waals surface area contributed by atoms with Crippen molar-refractivity contribution in [2.24, 2.45) is 5.73 Å². The van der Waals surface area contributed by atoms with E-state index in [9.17, 15) is 0 Å². The molecule has 0 saturated carbocycles. The predicted molar refractivity (Wildman–Crippen MR) is 99.3 cm³/mol. The van der Waals surface area contributed by atoms with E-state index < -0.39 is 0 Å². The average molecular weight is 349 g/mol. The number of nitrogens with two attached hydrogens (primary N) is 1. The number of hydrogen-bond donors (Lipinski definition) is 1. The first-order valence-electron chi connectivity index (χ1n) is 8.06. The Kier molecular flexibility index (Phi) is 6.91. The van der Waals surface area contributed by atoms with Crippen molar-refractivity contribution in [1.82, 2.24) is 4.90 Å². The minimum absolute atomic E-state index is 0. The van der Waals surface area contributed by atoms with Crippen LogP contribution in [0.4, 0.5) is 0 Å². The van der Waals surface area contributed by atoms with Gasteiger partial charge in [0.15, 0.2) is 0 Å². The Hall–Kier alpha value is -1.75. The van der Waals surface area contributed by atoms with E-state index in [-0.39, 0.29) is 18.4 Å². The molecule has 1 saturated heterocycles. The Labute approximate surface area is 150 Å². The summed E-state index contributed by atoms with van der Waals surface area (Å²) in [6, 6.07) is 18.4. The lowest BCUT2D eigenvalue weighted by atomic mass is 9.95. The lowest BCUT2D eigenvalue weighted by Crippen LogP contribution is -2.30. The molecule has 1 heterocycles. The van der Waals surface area contributed by atoms with E-state index >= 15 is 0 Å². The van der Waals surface area contributed by atoms with Crippen LogP contribution in [0.15, 0.2) is 54.6 Å². The molecular formula is C19H25ClN2O2. The van der Waals surface area contributed by atoms with Crippen molar-refractivity contribution in [2.45, 2.75) is 12.0 Å². The summed E-state index contributed by atoms with van der Waals surface area (Å²) in [7, 11) is 1.66. The van der Waals surface area contributed by atoms with Gasteiger partial charge in [-0.05, 0) is 29.8 Å². The third-order valence-electron chi connectivity index (χ3n) is 4.40. The number of halogens is 1. The van der Waals surface area contributed by atoms with Crippen LogP contribution in [0.25, 0.3) is 0 Å². The molecule has 0 radical (unpaired) electrons. The van der Waals surface area contributed by atoms with Crippen LogP contribution in [0.2, 0.25) is 0 Å². The van der Waals surface area contributed by atoms with Gasteiger partial charge in [0.05, 0.1) is 7.11 Å². The second-order valence-corrected chi connectivity index (χ2v) is 5.96. The molecule has 0 spiro atoms. The Morgan fingerprint density at radius 1 is 1.00 bits per heavy atom. The van der Waals surface area contributed by atoms with Crippen molar-refractivity contribution in [3.05, 3.63) is 60.2 Å². The molecule has 5 heteroatoms. The van der Waals surface area contributed by atoms with Crippen molar-refractivity contribution in [2.75, 3.05) is 33.4 Å². The van der Waals surface area contributed by atoms with Gasteiger partial charge in [0, 0.05) is 31.6 Å². The first-order chi connectivity index (χ1) is 11.3. The van der Waals surface area contributed by atoms with Crippen molar-refractivity contribution in [1.29, 1.82) is 0 Å². The number of benzene rings is 2. The largest absolute Gasteiger partial charge is 0.497 e. The van der Waals surface area contributed by atoms with Gasteiger partial charge in [-0.25, -0.2) is 0 Å². The van der Waals surface area contributed by atoms with Crippen LogP contribution in [0.5, 0.6) is 11.5 Å². The minimum Gasteiger partial charge on any atom is -0.497 e. The molecule has 2 atom stereocenters. The molecule has 0 unspecified atom stereocenters. The topological polar surface area (TPSA) is 47.7 Å². The van der Waals surface area contributed by atoms with Crippen LogP contribution in [0, 0.1) is 0 Å². The first-order valence-corrected chi connectivity index (χ1v) is 8.06. The van der Waals surface area contributed by atoms with Crippen molar-refractivity contribution < 1.29 is 9.47 Å². The van der Waals surface area contributed by atoms with Gasteiger partial charge in [-0.3, -0.25) is 4.90 Å². The molecule has 1 aliphatic rings. The van der Waals surface area contributed by atoms with Crippen LogP contribution in [0.3, 0.4) is 0 Å². The SMILES string of the molecule is COc1ccc(OCCN2C[C@@H](N)[C@H](c3ccccc3)C2)cc1.Cl. The zero-order valence-electron chi connectivity index (χ0n) is 13.9. The van der Waals surface area contributed by atoms with Gasteiger partial charge in [-0.2, -0.15) is 0 Å². The van der Waals surface area contributed by atoms with E-state index in [2.05, 4.69) is 29.2 Å². The average Bonchev–Trinajstić information content (AvgIpc) is 2.97. The quantitative estimate of drug-likeness (QED) is 0.872. The van der Waals surface area contributed by atoms with E-state index in [0.29, 0.717) is 12.5 Å². The number of methoxy groups -OCH3 is 1. The fourth-order valence-corrected chi connectivity index (χ4v) is 3.11. The van der Waals surface area contributed by atoms with E-state index in [4.69, 9.17) is 15.2 Å². The molecule has 1 aliphatic heterocycles. The Balaban J connectivity index is 0.00000208. The van der Waals surface area contributed by atoms with Gasteiger partial charge < -0.3 is 15.2 Å². The van der Waals surface area contributed by atoms with Gasteiger partial charge in [0.25, 0.3) is 0 Å². The monoisotopic (exact) mass is 348 g/mol. The van der Waals surface area contributed by atoms with Crippen molar-refractivity contribution in [3.63, 3.8) is 0 Å². The fraction of sp³-hybridized carbons (Fsp3) is 0.368. The van der Waals surface area contributed by atoms with Crippen LogP contribution in [-0.4, -0.2) is 44.3 Å². The highest BCUT2D eigenvalue weighted by Gasteiger charge is 2.30. The summed E-state index contributed by atoms with van der Waals surface area (Å²) in [5.74, 6) is 2.12. The number of hydrogen-bond acceptors (Lipinski definition) is 4. The van der Waals surface area contributed by atoms with Crippen LogP contribution in [0.1, 0.15) is 11.5 Å². The fourth-order valence-electron chi connectivity index (χ4n) is 3.11. The maximum Gasteiger partial charge on any atom is 0.119 e. The lowest BCUT2D eigenvalue weighted by Gasteiger charge is -2.16. The Morgan fingerprint density at radius 2 is 1.67 bits per heavy atom. The van der Waals surface area contributed by atoms with Gasteiger partial charge in [0.1, 0.15) is 18.1 Å². The number of likely N-dealkylation sites (tertiary alicyclic amines) is 1. The second kappa shape index (κ2) is 8.92. The molecule has 4 nitrogen and oxygen atoms in total. The summed E-state index contributed by atoms with van der Waals surface area (Å²) in [6.07, 6.45) is 0. The van der Waals surface area contributed by atoms with Crippen molar-refractivity contribution >= 4 is 12.4 Å². The molecule has 0 aromatic heterocycles. The van der Waals surface area contributed by atoms with Crippen LogP contribution < -0.4 is 15.2 Å². The minimum atomic E-state index is 0. The molecule has 0 bridgehead atoms. The molecule has 2 aromatic rings. The Morgan fingerprint density at radius 3 is 2.33 bits per heavy atom. The zero-order chi connectivity index (χ0) is 16.1. The molecule has 2 aromatic carbocycles. The summed E-state index contributed by atoms with van der Waals surface area (Å²) in [4.78, 5) is 2.38. The van der Waals surface area contributed by atoms with Gasteiger partial charge in [-0.15, -0.1) is 12.4 Å². The molecule has 24 heavy (non-hydrogen) atoms. The van der Waals surface area contributed by atoms with Gasteiger partial charge in [-0.1, -0.05) is 30.3 Å². The standard InChI is InChI=1S/C19H24N2O2.ClH/c1-22-16-7-9-17(10-8-16)23-12-11-21-13-18(19(20)14-21)15-5-3-2-4-6-15;/h2-10,18-19H,11-14,20H2,1H3;1H/t18-,19+;/m0./s1. The van der Waals surface area contributed by atoms with E-state index in [1.807, 2.05) is 30.3 Å². The van der Waals surface area contributed by atoms with Crippen LogP contribution in [-0.2, 0) is 0 Å². The maximum atomic E-state index is 6.32. The zero-order valence-corrected chi connectivity index (χ0v) is 14.7. The summed E-state index contributed by atoms with van der Waals surface area (Å²) in [5.41, 5.74) is 7.65. The summed E-state index contributed by atoms with van der Waals surface area (Å²) in [5, 5.41) is 0. The number of nitrogens with zero attached hydrogens (tertiary/aromatic N) is 1. The van der Waals surface area contributed by atoms with Crippen molar-refractivity contribution in [3.8, 4) is 11.5 Å². The first kappa shape index (κ1) is 18.6. The van der Waals surface area contributed by atoms with E-state index in [1.165, 1.54) is 5.56 Å². The molecule has 130 valence electrons. The summed E-state index contributed by atoms with van der Waals surface area (Å²) >= 11 is 0. The highest BCUT2D eigenvalue weighted by molar-refractivity contribution is 5.85. The van der Waals surface area contributed by atoms with Gasteiger partial charge >= 0.3 is 0 Å². The van der Waals surface area contributed by atoms with Crippen LogP contribution >= 0.6 is 12.4 Å². The second-order valence-electron chi connectivity index (χ2n) is 5.96.